The van der Waals surface area contributed by atoms with E-state index in [2.05, 4.69) is 33.0 Å². The fourth-order valence-corrected chi connectivity index (χ4v) is 6.98. The lowest BCUT2D eigenvalue weighted by atomic mass is 9.69. The van der Waals surface area contributed by atoms with Crippen molar-refractivity contribution < 1.29 is 34.7 Å². The Morgan fingerprint density at radius 3 is 1.73 bits per heavy atom. The van der Waals surface area contributed by atoms with Crippen molar-refractivity contribution >= 4 is 11.9 Å². The molecule has 0 aromatic rings. The normalized spacial score (nSPS) is 24.4. The van der Waals surface area contributed by atoms with Crippen molar-refractivity contribution in [2.75, 3.05) is 7.11 Å². The van der Waals surface area contributed by atoms with Gasteiger partial charge in [-0.25, -0.2) is 0 Å². The van der Waals surface area contributed by atoms with Crippen LogP contribution in [0.2, 0.25) is 0 Å². The second-order valence-corrected chi connectivity index (χ2v) is 13.9. The van der Waals surface area contributed by atoms with Crippen LogP contribution in [0.1, 0.15) is 132 Å². The Morgan fingerprint density at radius 2 is 1.32 bits per heavy atom. The summed E-state index contributed by atoms with van der Waals surface area (Å²) in [6, 6.07) is 0. The zero-order valence-electron chi connectivity index (χ0n) is 25.1. The first kappa shape index (κ1) is 33.8. The molecule has 2 fully saturated rings. The van der Waals surface area contributed by atoms with Gasteiger partial charge in [-0.2, -0.15) is 4.84 Å². The Morgan fingerprint density at radius 1 is 0.865 bits per heavy atom. The van der Waals surface area contributed by atoms with Gasteiger partial charge < -0.3 is 15.5 Å². The third-order valence-electron chi connectivity index (χ3n) is 8.44. The van der Waals surface area contributed by atoms with Crippen LogP contribution in [0.3, 0.4) is 0 Å². The summed E-state index contributed by atoms with van der Waals surface area (Å²) in [5, 5.41) is 34.4. The van der Waals surface area contributed by atoms with Crippen LogP contribution >= 0.6 is 0 Å². The van der Waals surface area contributed by atoms with Crippen molar-refractivity contribution in [3.05, 3.63) is 0 Å². The van der Waals surface area contributed by atoms with Crippen molar-refractivity contribution in [3.8, 4) is 0 Å². The molecular weight excluding hydrogens is 472 g/mol. The molecule has 0 bridgehead atoms. The molecule has 0 aromatic carbocycles. The lowest BCUT2D eigenvalue weighted by Crippen LogP contribution is -2.69. The van der Waals surface area contributed by atoms with Crippen LogP contribution in [0.5, 0.6) is 0 Å². The number of carboxylic acids is 2. The fraction of sp³-hybridized carbons (Fsp3) is 0.931. The highest BCUT2D eigenvalue weighted by Crippen LogP contribution is 2.44. The van der Waals surface area contributed by atoms with Crippen LogP contribution in [0.4, 0.5) is 0 Å². The summed E-state index contributed by atoms with van der Waals surface area (Å²) in [5.74, 6) is -1.47. The predicted molar refractivity (Wildman–Crippen MR) is 145 cm³/mol. The second-order valence-electron chi connectivity index (χ2n) is 13.9. The monoisotopic (exact) mass is 528 g/mol. The Balaban J connectivity index is 0.000000442. The van der Waals surface area contributed by atoms with Crippen molar-refractivity contribution in [1.29, 1.82) is 0 Å². The van der Waals surface area contributed by atoms with E-state index in [1.54, 1.807) is 0 Å². The number of hydrogen-bond donors (Lipinski definition) is 3. The van der Waals surface area contributed by atoms with Gasteiger partial charge in [0, 0.05) is 35.1 Å². The van der Waals surface area contributed by atoms with Crippen LogP contribution in [-0.2, 0) is 19.6 Å². The standard InChI is InChI=1S/C19H35NO4.C10H21NO2/c1-18(2)12-14(13-19(3,4)20-18)15(17(23)24)10-8-6-5-7-9-11-16(21)22;1-9(2)7-6-8-10(3,4)11(9,12)13-5/h14-15,20H,5-13H2,1-4H3,(H,21,22)(H,23,24);6-8H2,1-5H3/q;+1. The van der Waals surface area contributed by atoms with E-state index in [0.29, 0.717) is 6.42 Å². The van der Waals surface area contributed by atoms with Gasteiger partial charge in [0.1, 0.15) is 0 Å². The first-order chi connectivity index (χ1) is 16.8. The first-order valence-corrected chi connectivity index (χ1v) is 14.2. The number of nitrogens with one attached hydrogen (secondary N) is 1. The maximum atomic E-state index is 12.5. The van der Waals surface area contributed by atoms with Crippen LogP contribution in [0, 0.1) is 11.8 Å². The van der Waals surface area contributed by atoms with Crippen LogP contribution in [0.25, 0.3) is 0 Å². The van der Waals surface area contributed by atoms with Crippen molar-refractivity contribution in [2.24, 2.45) is 11.8 Å². The number of unbranched alkanes of at least 4 members (excludes halogenated alkanes) is 4. The van der Waals surface area contributed by atoms with E-state index in [1.807, 2.05) is 27.7 Å². The molecule has 2 heterocycles. The number of hydroxylamine groups is 4. The summed E-state index contributed by atoms with van der Waals surface area (Å²) >= 11 is 0. The molecule has 1 atom stereocenters. The Kier molecular flexibility index (Phi) is 12.1. The fourth-order valence-electron chi connectivity index (χ4n) is 6.98. The summed E-state index contributed by atoms with van der Waals surface area (Å²) in [5.41, 5.74) is -0.707. The molecule has 217 valence electrons. The highest BCUT2D eigenvalue weighted by Gasteiger charge is 2.61. The van der Waals surface area contributed by atoms with Gasteiger partial charge in [0.05, 0.1) is 18.2 Å². The Bertz CT molecular complexity index is 715. The van der Waals surface area contributed by atoms with E-state index in [1.165, 1.54) is 7.11 Å². The molecule has 8 heteroatoms. The summed E-state index contributed by atoms with van der Waals surface area (Å²) < 4.78 is 0. The van der Waals surface area contributed by atoms with E-state index >= 15 is 0 Å². The Labute approximate surface area is 225 Å². The molecule has 8 nitrogen and oxygen atoms in total. The number of rotatable bonds is 11. The lowest BCUT2D eigenvalue weighted by molar-refractivity contribution is -1.32. The highest BCUT2D eigenvalue weighted by atomic mass is 16.9. The minimum atomic E-state index is -0.739. The molecule has 37 heavy (non-hydrogen) atoms. The minimum absolute atomic E-state index is 0.0308. The van der Waals surface area contributed by atoms with Gasteiger partial charge in [0.15, 0.2) is 11.1 Å². The largest absolute Gasteiger partial charge is 0.481 e. The second kappa shape index (κ2) is 13.2. The van der Waals surface area contributed by atoms with E-state index < -0.39 is 16.7 Å². The molecule has 0 spiro atoms. The molecule has 2 aliphatic heterocycles. The smallest absolute Gasteiger partial charge is 0.306 e. The van der Waals surface area contributed by atoms with Gasteiger partial charge >= 0.3 is 11.9 Å². The topological polar surface area (TPSA) is 116 Å². The molecule has 2 saturated heterocycles. The van der Waals surface area contributed by atoms with Crippen molar-refractivity contribution in [2.45, 2.75) is 155 Å². The molecular formula is C29H56N2O6+. The maximum absolute atomic E-state index is 12.5. The van der Waals surface area contributed by atoms with E-state index in [9.17, 15) is 19.9 Å². The number of quaternary nitrogens is 1. The average molecular weight is 529 g/mol. The number of carbonyl (C=O) groups is 2. The first-order valence-electron chi connectivity index (χ1n) is 14.2. The zero-order valence-corrected chi connectivity index (χ0v) is 25.1. The minimum Gasteiger partial charge on any atom is -0.481 e. The van der Waals surface area contributed by atoms with E-state index in [0.717, 1.165) is 64.2 Å². The molecule has 0 aliphatic carbocycles. The highest BCUT2D eigenvalue weighted by molar-refractivity contribution is 5.70. The third kappa shape index (κ3) is 9.79. The molecule has 2 rings (SSSR count). The molecule has 0 aromatic heterocycles. The number of nitrogens with zero attached hydrogens (tertiary/aromatic N) is 1. The molecule has 2 aliphatic rings. The van der Waals surface area contributed by atoms with Gasteiger partial charge in [0.25, 0.3) is 0 Å². The molecule has 1 radical (unpaired) electrons. The summed E-state index contributed by atoms with van der Waals surface area (Å²) in [6.45, 7) is 16.6. The molecule has 1 unspecified atom stereocenters. The number of carboxylic acid groups (broad SMARTS) is 2. The lowest BCUT2D eigenvalue weighted by Gasteiger charge is -2.49. The van der Waals surface area contributed by atoms with Crippen molar-refractivity contribution in [1.82, 2.24) is 5.32 Å². The van der Waals surface area contributed by atoms with Gasteiger partial charge in [-0.05, 0) is 93.4 Å². The van der Waals surface area contributed by atoms with Crippen molar-refractivity contribution in [3.63, 3.8) is 0 Å². The maximum Gasteiger partial charge on any atom is 0.306 e. The van der Waals surface area contributed by atoms with Crippen LogP contribution < -0.4 is 5.32 Å². The van der Waals surface area contributed by atoms with E-state index in [4.69, 9.17) is 9.94 Å². The van der Waals surface area contributed by atoms with Crippen LogP contribution in [0.15, 0.2) is 0 Å². The van der Waals surface area contributed by atoms with Crippen LogP contribution in [-0.4, -0.2) is 56.2 Å². The Hall–Kier alpha value is -1.22. The van der Waals surface area contributed by atoms with Gasteiger partial charge in [-0.3, -0.25) is 9.59 Å². The number of piperidine rings is 2. The average Bonchev–Trinajstić information content (AvgIpc) is 2.71. The zero-order chi connectivity index (χ0) is 28.7. The quantitative estimate of drug-likeness (QED) is 0.208. The summed E-state index contributed by atoms with van der Waals surface area (Å²) in [4.78, 5) is 26.9. The molecule has 0 amide bonds. The summed E-state index contributed by atoms with van der Waals surface area (Å²) in [7, 11) is 1.52. The number of hydrogen-bond acceptors (Lipinski definition) is 4. The van der Waals surface area contributed by atoms with Gasteiger partial charge in [-0.1, -0.05) is 25.7 Å². The molecule has 3 N–H and O–H groups in total. The summed E-state index contributed by atoms with van der Waals surface area (Å²) in [6.07, 6.45) is 10.3. The van der Waals surface area contributed by atoms with E-state index in [-0.39, 0.29) is 40.4 Å². The molecule has 0 saturated carbocycles. The third-order valence-corrected chi connectivity index (χ3v) is 8.44. The van der Waals surface area contributed by atoms with Gasteiger partial charge in [0.2, 0.25) is 0 Å². The number of aliphatic carboxylic acids is 2. The van der Waals surface area contributed by atoms with Gasteiger partial charge in [-0.15, -0.1) is 0 Å². The SMILES string of the molecule is CC1(C)CC(C(CCCCCCCC(=O)O)C(=O)O)CC(C)(C)N1.CO[N+]1([O])C(C)(C)CCCC1(C)C. The predicted octanol–water partition coefficient (Wildman–Crippen LogP) is 6.51.